The van der Waals surface area contributed by atoms with Gasteiger partial charge in [0.25, 0.3) is 5.56 Å². The fraction of sp³-hybridized carbons (Fsp3) is 0.136. The largest absolute Gasteiger partial charge is 0.454 e. The topological polar surface area (TPSA) is 97.5 Å². The highest BCUT2D eigenvalue weighted by Gasteiger charge is 2.21. The highest BCUT2D eigenvalue weighted by molar-refractivity contribution is 8.24. The zero-order chi connectivity index (χ0) is 23.0. The van der Waals surface area contributed by atoms with Crippen molar-refractivity contribution in [2.24, 2.45) is 7.05 Å². The first kappa shape index (κ1) is 21.9. The van der Waals surface area contributed by atoms with Crippen LogP contribution in [0.5, 0.6) is 11.5 Å². The van der Waals surface area contributed by atoms with E-state index in [2.05, 4.69) is 9.97 Å². The molecule has 0 saturated carbocycles. The lowest BCUT2D eigenvalue weighted by Gasteiger charge is -2.31. The maximum atomic E-state index is 14.3. The van der Waals surface area contributed by atoms with Gasteiger partial charge in [0.2, 0.25) is 0 Å². The second kappa shape index (κ2) is 8.30. The second-order valence-electron chi connectivity index (χ2n) is 7.03. The Morgan fingerprint density at radius 1 is 1.09 bits per heavy atom. The molecule has 7 nitrogen and oxygen atoms in total. The van der Waals surface area contributed by atoms with Crippen LogP contribution >= 0.6 is 10.6 Å². The number of nitrogens with zero attached hydrogens (tertiary/aromatic N) is 3. The molecule has 0 radical (unpaired) electrons. The SMILES string of the molecule is CCS(O)(O)c1ccc(Oc2ccc(F)cc2F)c(-c2cn(C)c(=O)c3cncnc23)c1. The van der Waals surface area contributed by atoms with Crippen LogP contribution < -0.4 is 10.3 Å². The van der Waals surface area contributed by atoms with Gasteiger partial charge in [-0.1, -0.05) is 0 Å². The third-order valence-electron chi connectivity index (χ3n) is 4.98. The van der Waals surface area contributed by atoms with Crippen molar-refractivity contribution in [1.29, 1.82) is 0 Å². The summed E-state index contributed by atoms with van der Waals surface area (Å²) in [5.41, 5.74) is 0.789. The van der Waals surface area contributed by atoms with Crippen LogP contribution in [0.3, 0.4) is 0 Å². The van der Waals surface area contributed by atoms with E-state index >= 15 is 0 Å². The number of aromatic nitrogens is 3. The van der Waals surface area contributed by atoms with Crippen molar-refractivity contribution >= 4 is 21.5 Å². The Kier molecular flexibility index (Phi) is 5.68. The lowest BCUT2D eigenvalue weighted by atomic mass is 10.0. The summed E-state index contributed by atoms with van der Waals surface area (Å²) in [7, 11) is -1.53. The fourth-order valence-corrected chi connectivity index (χ4v) is 4.18. The van der Waals surface area contributed by atoms with E-state index in [1.807, 2.05) is 0 Å². The number of rotatable bonds is 5. The molecule has 0 saturated heterocycles. The van der Waals surface area contributed by atoms with Crippen molar-refractivity contribution in [2.45, 2.75) is 11.8 Å². The van der Waals surface area contributed by atoms with Crippen LogP contribution in [0.25, 0.3) is 22.0 Å². The Morgan fingerprint density at radius 2 is 1.84 bits per heavy atom. The van der Waals surface area contributed by atoms with E-state index in [-0.39, 0.29) is 33.1 Å². The van der Waals surface area contributed by atoms with Gasteiger partial charge in [-0.25, -0.2) is 18.7 Å². The molecular formula is C22H19F2N3O4S. The molecule has 4 aromatic rings. The Morgan fingerprint density at radius 3 is 2.56 bits per heavy atom. The number of pyridine rings is 1. The predicted molar refractivity (Wildman–Crippen MR) is 118 cm³/mol. The zero-order valence-corrected chi connectivity index (χ0v) is 17.9. The Balaban J connectivity index is 1.99. The van der Waals surface area contributed by atoms with E-state index in [0.717, 1.165) is 12.1 Å². The van der Waals surface area contributed by atoms with Gasteiger partial charge in [0.05, 0.1) is 15.8 Å². The lowest BCUT2D eigenvalue weighted by Crippen LogP contribution is -2.17. The van der Waals surface area contributed by atoms with E-state index in [9.17, 15) is 22.7 Å². The lowest BCUT2D eigenvalue weighted by molar-refractivity contribution is 0.438. The molecule has 0 aliphatic rings. The second-order valence-corrected chi connectivity index (χ2v) is 9.42. The van der Waals surface area contributed by atoms with Crippen LogP contribution in [0, 0.1) is 11.6 Å². The van der Waals surface area contributed by atoms with Gasteiger partial charge in [0.1, 0.15) is 17.9 Å². The summed E-state index contributed by atoms with van der Waals surface area (Å²) in [5.74, 6) is -1.61. The van der Waals surface area contributed by atoms with Gasteiger partial charge >= 0.3 is 0 Å². The molecule has 0 aliphatic heterocycles. The average Bonchev–Trinajstić information content (AvgIpc) is 2.78. The van der Waals surface area contributed by atoms with Crippen LogP contribution in [-0.4, -0.2) is 29.4 Å². The maximum absolute atomic E-state index is 14.3. The first-order valence-electron chi connectivity index (χ1n) is 9.54. The highest BCUT2D eigenvalue weighted by atomic mass is 32.3. The molecule has 0 atom stereocenters. The fourth-order valence-electron chi connectivity index (χ4n) is 3.26. The van der Waals surface area contributed by atoms with E-state index in [4.69, 9.17) is 4.74 Å². The van der Waals surface area contributed by atoms with E-state index in [0.29, 0.717) is 22.7 Å². The minimum Gasteiger partial charge on any atom is -0.454 e. The first-order valence-corrected chi connectivity index (χ1v) is 11.3. The summed E-state index contributed by atoms with van der Waals surface area (Å²) in [4.78, 5) is 20.9. The van der Waals surface area contributed by atoms with Crippen LogP contribution in [0.15, 0.2) is 64.8 Å². The van der Waals surface area contributed by atoms with Crippen LogP contribution in [0.2, 0.25) is 0 Å². The molecule has 0 unspecified atom stereocenters. The minimum absolute atomic E-state index is 0.0927. The molecule has 0 spiro atoms. The predicted octanol–water partition coefficient (Wildman–Crippen LogP) is 5.20. The van der Waals surface area contributed by atoms with E-state index < -0.39 is 22.2 Å². The average molecular weight is 459 g/mol. The molecule has 32 heavy (non-hydrogen) atoms. The summed E-state index contributed by atoms with van der Waals surface area (Å²) >= 11 is 0. The maximum Gasteiger partial charge on any atom is 0.261 e. The Hall–Kier alpha value is -3.34. The number of benzene rings is 2. The van der Waals surface area contributed by atoms with Gasteiger partial charge in [-0.3, -0.25) is 13.9 Å². The third kappa shape index (κ3) is 3.95. The van der Waals surface area contributed by atoms with Gasteiger partial charge in [-0.15, -0.1) is 0 Å². The molecule has 0 fully saturated rings. The number of hydrogen-bond donors (Lipinski definition) is 2. The van der Waals surface area contributed by atoms with Crippen molar-refractivity contribution in [1.82, 2.24) is 14.5 Å². The highest BCUT2D eigenvalue weighted by Crippen LogP contribution is 2.50. The third-order valence-corrected chi connectivity index (χ3v) is 6.79. The summed E-state index contributed by atoms with van der Waals surface area (Å²) in [6, 6.07) is 7.37. The molecule has 2 aromatic heterocycles. The summed E-state index contributed by atoms with van der Waals surface area (Å²) in [6.45, 7) is 1.64. The monoisotopic (exact) mass is 459 g/mol. The number of aryl methyl sites for hydroxylation is 1. The number of hydrogen-bond acceptors (Lipinski definition) is 6. The van der Waals surface area contributed by atoms with Crippen molar-refractivity contribution in [3.8, 4) is 22.6 Å². The minimum atomic E-state index is -3.08. The molecule has 2 heterocycles. The molecule has 166 valence electrons. The quantitative estimate of drug-likeness (QED) is 0.426. The van der Waals surface area contributed by atoms with Gasteiger partial charge in [-0.2, -0.15) is 10.6 Å². The Bertz CT molecular complexity index is 1390. The molecule has 2 aromatic carbocycles. The molecular weight excluding hydrogens is 440 g/mol. The molecule has 0 amide bonds. The normalized spacial score (nSPS) is 12.2. The zero-order valence-electron chi connectivity index (χ0n) is 17.1. The van der Waals surface area contributed by atoms with Gasteiger partial charge in [0, 0.05) is 42.4 Å². The number of fused-ring (bicyclic) bond motifs is 1. The summed E-state index contributed by atoms with van der Waals surface area (Å²) in [6.07, 6.45) is 4.20. The Labute approximate surface area is 183 Å². The van der Waals surface area contributed by atoms with E-state index in [1.54, 1.807) is 14.0 Å². The van der Waals surface area contributed by atoms with Crippen molar-refractivity contribution in [2.75, 3.05) is 5.75 Å². The summed E-state index contributed by atoms with van der Waals surface area (Å²) < 4.78 is 55.6. The molecule has 4 rings (SSSR count). The molecule has 0 aliphatic carbocycles. The molecule has 2 N–H and O–H groups in total. The van der Waals surface area contributed by atoms with Crippen molar-refractivity contribution in [3.05, 3.63) is 77.1 Å². The van der Waals surface area contributed by atoms with Crippen LogP contribution in [-0.2, 0) is 7.05 Å². The van der Waals surface area contributed by atoms with Gasteiger partial charge in [0.15, 0.2) is 11.6 Å². The van der Waals surface area contributed by atoms with Crippen molar-refractivity contribution < 1.29 is 22.6 Å². The number of halogens is 2. The number of ether oxygens (including phenoxy) is 1. The van der Waals surface area contributed by atoms with Gasteiger partial charge in [-0.05, 0) is 37.3 Å². The van der Waals surface area contributed by atoms with Gasteiger partial charge < -0.3 is 9.30 Å². The summed E-state index contributed by atoms with van der Waals surface area (Å²) in [5, 5.41) is 0.249. The standard InChI is InChI=1S/C22H19F2N3O4S/c1-3-32(29,30)14-5-7-19(31-20-6-4-13(23)8-18(20)24)15(9-14)17-11-27(2)22(28)16-10-25-12-26-21(16)17/h4-12,29-30H,3H2,1-2H3. The van der Waals surface area contributed by atoms with Crippen LogP contribution in [0.4, 0.5) is 8.78 Å². The smallest absolute Gasteiger partial charge is 0.261 e. The molecule has 0 bridgehead atoms. The first-order chi connectivity index (χ1) is 15.2. The van der Waals surface area contributed by atoms with E-state index in [1.165, 1.54) is 41.5 Å². The molecule has 10 heteroatoms. The van der Waals surface area contributed by atoms with Crippen molar-refractivity contribution in [3.63, 3.8) is 0 Å². The van der Waals surface area contributed by atoms with Crippen LogP contribution in [0.1, 0.15) is 6.92 Å².